The Kier molecular flexibility index (Phi) is 9.67. The minimum atomic E-state index is -1.04. The van der Waals surface area contributed by atoms with E-state index in [1.807, 2.05) is 20.8 Å². The molecule has 6 atom stereocenters. The first-order valence-electron chi connectivity index (χ1n) is 11.7. The summed E-state index contributed by atoms with van der Waals surface area (Å²) in [6.45, 7) is 21.6. The Morgan fingerprint density at radius 3 is 1.97 bits per heavy atom. The van der Waals surface area contributed by atoms with Gasteiger partial charge in [-0.3, -0.25) is 0 Å². The maximum Gasteiger partial charge on any atom is 0.181 e. The summed E-state index contributed by atoms with van der Waals surface area (Å²) in [5.74, 6) is 1.34. The van der Waals surface area contributed by atoms with Crippen molar-refractivity contribution in [2.75, 3.05) is 0 Å². The molecule has 174 valence electrons. The third kappa shape index (κ3) is 9.25. The number of rotatable bonds is 9. The van der Waals surface area contributed by atoms with E-state index in [1.165, 1.54) is 19.3 Å². The monoisotopic (exact) mass is 414 g/mol. The molecule has 1 aliphatic rings. The van der Waals surface area contributed by atoms with Crippen LogP contribution in [0.5, 0.6) is 0 Å². The summed E-state index contributed by atoms with van der Waals surface area (Å²) in [6, 6.07) is 0. The van der Waals surface area contributed by atoms with Crippen LogP contribution in [-0.4, -0.2) is 34.5 Å². The second-order valence-corrected chi connectivity index (χ2v) is 12.2. The number of hydrogen-bond acceptors (Lipinski definition) is 4. The van der Waals surface area contributed by atoms with Crippen molar-refractivity contribution in [1.29, 1.82) is 0 Å². The molecule has 0 heterocycles. The van der Waals surface area contributed by atoms with E-state index >= 15 is 0 Å². The fraction of sp³-hybridized carbons (Fsp3) is 1.00. The number of aliphatic hydroxyl groups excluding tert-OH is 2. The Labute approximate surface area is 180 Å². The quantitative estimate of drug-likeness (QED) is 0.445. The SMILES string of the molecule is CCC(C)(C)CC(C1CCCC(C(O)OC(C)C(O)OC(C)(C)C)C1)C(C)(C)C. The zero-order valence-corrected chi connectivity index (χ0v) is 20.9. The van der Waals surface area contributed by atoms with Crippen LogP contribution < -0.4 is 0 Å². The summed E-state index contributed by atoms with van der Waals surface area (Å²) in [7, 11) is 0. The fourth-order valence-electron chi connectivity index (χ4n) is 4.67. The number of ether oxygens (including phenoxy) is 2. The first-order chi connectivity index (χ1) is 13.1. The molecular weight excluding hydrogens is 364 g/mol. The zero-order chi connectivity index (χ0) is 22.6. The van der Waals surface area contributed by atoms with Crippen molar-refractivity contribution in [3.05, 3.63) is 0 Å². The fourth-order valence-corrected chi connectivity index (χ4v) is 4.67. The standard InChI is InChI=1S/C25H50O4/c1-11-25(9,10)16-20(23(3,4)5)18-13-12-14-19(15-18)22(27)28-17(2)21(26)29-24(6,7)8/h17-22,26-27H,11-16H2,1-10H3. The largest absolute Gasteiger partial charge is 0.368 e. The minimum Gasteiger partial charge on any atom is -0.368 e. The number of hydrogen-bond donors (Lipinski definition) is 2. The van der Waals surface area contributed by atoms with Crippen LogP contribution in [-0.2, 0) is 9.47 Å². The van der Waals surface area contributed by atoms with Gasteiger partial charge in [-0.05, 0) is 69.6 Å². The van der Waals surface area contributed by atoms with Gasteiger partial charge in [-0.1, -0.05) is 60.8 Å². The molecule has 0 spiro atoms. The molecule has 0 radical (unpaired) electrons. The molecular formula is C25H50O4. The van der Waals surface area contributed by atoms with E-state index < -0.39 is 24.3 Å². The Morgan fingerprint density at radius 2 is 1.48 bits per heavy atom. The highest BCUT2D eigenvalue weighted by atomic mass is 16.7. The normalized spacial score (nSPS) is 26.1. The average Bonchev–Trinajstić information content (AvgIpc) is 2.57. The van der Waals surface area contributed by atoms with Gasteiger partial charge in [-0.15, -0.1) is 0 Å². The van der Waals surface area contributed by atoms with Crippen LogP contribution in [0, 0.1) is 28.6 Å². The molecule has 0 aromatic heterocycles. The predicted molar refractivity (Wildman–Crippen MR) is 120 cm³/mol. The van der Waals surface area contributed by atoms with Crippen LogP contribution in [0.2, 0.25) is 0 Å². The van der Waals surface area contributed by atoms with Gasteiger partial charge in [0.15, 0.2) is 12.6 Å². The smallest absolute Gasteiger partial charge is 0.181 e. The topological polar surface area (TPSA) is 58.9 Å². The highest BCUT2D eigenvalue weighted by molar-refractivity contribution is 4.88. The van der Waals surface area contributed by atoms with Crippen LogP contribution >= 0.6 is 0 Å². The van der Waals surface area contributed by atoms with Crippen LogP contribution in [0.15, 0.2) is 0 Å². The second-order valence-electron chi connectivity index (χ2n) is 12.2. The van der Waals surface area contributed by atoms with Crippen LogP contribution in [0.25, 0.3) is 0 Å². The van der Waals surface area contributed by atoms with E-state index in [9.17, 15) is 10.2 Å². The van der Waals surface area contributed by atoms with Gasteiger partial charge in [0.1, 0.15) is 6.10 Å². The Balaban J connectivity index is 2.78. The molecule has 0 aromatic rings. The molecule has 1 aliphatic carbocycles. The van der Waals surface area contributed by atoms with Crippen molar-refractivity contribution in [3.8, 4) is 0 Å². The van der Waals surface area contributed by atoms with E-state index in [1.54, 1.807) is 6.92 Å². The summed E-state index contributed by atoms with van der Waals surface area (Å²) < 4.78 is 11.4. The van der Waals surface area contributed by atoms with Crippen molar-refractivity contribution in [3.63, 3.8) is 0 Å². The van der Waals surface area contributed by atoms with E-state index in [2.05, 4.69) is 41.5 Å². The molecule has 1 fully saturated rings. The van der Waals surface area contributed by atoms with Gasteiger partial charge >= 0.3 is 0 Å². The van der Waals surface area contributed by atoms with Gasteiger partial charge in [0.25, 0.3) is 0 Å². The maximum absolute atomic E-state index is 10.8. The average molecular weight is 415 g/mol. The Bertz CT molecular complexity index is 474. The van der Waals surface area contributed by atoms with Crippen LogP contribution in [0.3, 0.4) is 0 Å². The van der Waals surface area contributed by atoms with Gasteiger partial charge < -0.3 is 19.7 Å². The molecule has 6 unspecified atom stereocenters. The minimum absolute atomic E-state index is 0.118. The molecule has 0 aliphatic heterocycles. The summed E-state index contributed by atoms with van der Waals surface area (Å²) in [5, 5.41) is 21.0. The first-order valence-corrected chi connectivity index (χ1v) is 11.7. The lowest BCUT2D eigenvalue weighted by atomic mass is 9.61. The molecule has 0 aromatic carbocycles. The lowest BCUT2D eigenvalue weighted by Crippen LogP contribution is -2.41. The van der Waals surface area contributed by atoms with Crippen molar-refractivity contribution in [1.82, 2.24) is 0 Å². The van der Waals surface area contributed by atoms with Gasteiger partial charge in [0.05, 0.1) is 5.60 Å². The molecule has 1 saturated carbocycles. The lowest BCUT2D eigenvalue weighted by molar-refractivity contribution is -0.261. The first kappa shape index (κ1) is 26.9. The highest BCUT2D eigenvalue weighted by Crippen LogP contribution is 2.48. The summed E-state index contributed by atoms with van der Waals surface area (Å²) in [6.07, 6.45) is 4.27. The van der Waals surface area contributed by atoms with Crippen molar-refractivity contribution < 1.29 is 19.7 Å². The molecule has 0 bridgehead atoms. The van der Waals surface area contributed by atoms with Crippen LogP contribution in [0.1, 0.15) is 108 Å². The molecule has 4 nitrogen and oxygen atoms in total. The third-order valence-corrected chi connectivity index (χ3v) is 6.80. The van der Waals surface area contributed by atoms with Gasteiger partial charge in [0.2, 0.25) is 0 Å². The van der Waals surface area contributed by atoms with Crippen LogP contribution in [0.4, 0.5) is 0 Å². The van der Waals surface area contributed by atoms with Gasteiger partial charge in [0, 0.05) is 5.92 Å². The van der Waals surface area contributed by atoms with Gasteiger partial charge in [-0.2, -0.15) is 0 Å². The molecule has 1 rings (SSSR count). The van der Waals surface area contributed by atoms with Crippen molar-refractivity contribution in [2.24, 2.45) is 28.6 Å². The van der Waals surface area contributed by atoms with E-state index in [4.69, 9.17) is 9.47 Å². The van der Waals surface area contributed by atoms with Gasteiger partial charge in [-0.25, -0.2) is 0 Å². The molecule has 0 amide bonds. The molecule has 29 heavy (non-hydrogen) atoms. The van der Waals surface area contributed by atoms with Crippen molar-refractivity contribution in [2.45, 2.75) is 132 Å². The maximum atomic E-state index is 10.8. The second kappa shape index (κ2) is 10.4. The Morgan fingerprint density at radius 1 is 0.931 bits per heavy atom. The zero-order valence-electron chi connectivity index (χ0n) is 20.9. The predicted octanol–water partition coefficient (Wildman–Crippen LogP) is 6.14. The number of aliphatic hydroxyl groups is 2. The lowest BCUT2D eigenvalue weighted by Gasteiger charge is -2.45. The summed E-state index contributed by atoms with van der Waals surface area (Å²) in [4.78, 5) is 0. The molecule has 0 saturated heterocycles. The van der Waals surface area contributed by atoms with E-state index in [0.717, 1.165) is 19.3 Å². The molecule has 2 N–H and O–H groups in total. The summed E-state index contributed by atoms with van der Waals surface area (Å²) in [5.41, 5.74) is 0.127. The Hall–Kier alpha value is -0.160. The van der Waals surface area contributed by atoms with E-state index in [-0.39, 0.29) is 11.3 Å². The molecule has 4 heteroatoms. The summed E-state index contributed by atoms with van der Waals surface area (Å²) >= 11 is 0. The third-order valence-electron chi connectivity index (χ3n) is 6.80. The highest BCUT2D eigenvalue weighted by Gasteiger charge is 2.40. The van der Waals surface area contributed by atoms with Crippen molar-refractivity contribution >= 4 is 0 Å². The van der Waals surface area contributed by atoms with E-state index in [0.29, 0.717) is 17.3 Å².